The van der Waals surface area contributed by atoms with Crippen molar-refractivity contribution in [2.45, 2.75) is 20.3 Å². The first-order valence-corrected chi connectivity index (χ1v) is 6.13. The van der Waals surface area contributed by atoms with Crippen LogP contribution in [0.15, 0.2) is 36.4 Å². The predicted molar refractivity (Wildman–Crippen MR) is 70.2 cm³/mol. The molecule has 0 N–H and O–H groups in total. The summed E-state index contributed by atoms with van der Waals surface area (Å²) in [4.78, 5) is 4.56. The maximum Gasteiger partial charge on any atom is 0.140 e. The van der Waals surface area contributed by atoms with Crippen LogP contribution in [0.3, 0.4) is 0 Å². The summed E-state index contributed by atoms with van der Waals surface area (Å²) in [7, 11) is 0. The molecule has 2 nitrogen and oxygen atoms in total. The highest BCUT2D eigenvalue weighted by Crippen LogP contribution is 2.24. The number of pyridine rings is 1. The number of hydrogen-bond acceptors (Lipinski definition) is 2. The highest BCUT2D eigenvalue weighted by molar-refractivity contribution is 5.60. The Morgan fingerprint density at radius 2 is 1.78 bits per heavy atom. The van der Waals surface area contributed by atoms with Gasteiger partial charge in [0.25, 0.3) is 0 Å². The number of halogens is 1. The molecule has 0 saturated heterocycles. The molecule has 0 amide bonds. The Morgan fingerprint density at radius 1 is 1.06 bits per heavy atom. The molecule has 1 heterocycles. The van der Waals surface area contributed by atoms with Crippen molar-refractivity contribution in [2.24, 2.45) is 0 Å². The zero-order valence-corrected chi connectivity index (χ0v) is 10.6. The van der Waals surface area contributed by atoms with Crippen LogP contribution in [-0.4, -0.2) is 11.6 Å². The van der Waals surface area contributed by atoms with Gasteiger partial charge in [0.15, 0.2) is 0 Å². The molecular formula is C15H16FNO. The summed E-state index contributed by atoms with van der Waals surface area (Å²) in [5.74, 6) is 0.589. The van der Waals surface area contributed by atoms with Gasteiger partial charge in [0, 0.05) is 5.56 Å². The minimum atomic E-state index is -0.236. The van der Waals surface area contributed by atoms with Gasteiger partial charge < -0.3 is 4.74 Å². The first-order chi connectivity index (χ1) is 8.74. The fraction of sp³-hybridized carbons (Fsp3) is 0.267. The van der Waals surface area contributed by atoms with Crippen LogP contribution in [0.2, 0.25) is 0 Å². The molecule has 0 bridgehead atoms. The lowest BCUT2D eigenvalue weighted by Crippen LogP contribution is -1.99. The number of aromatic nitrogens is 1. The van der Waals surface area contributed by atoms with Gasteiger partial charge >= 0.3 is 0 Å². The Balaban J connectivity index is 2.37. The van der Waals surface area contributed by atoms with E-state index >= 15 is 0 Å². The van der Waals surface area contributed by atoms with Crippen LogP contribution in [0.5, 0.6) is 5.75 Å². The first kappa shape index (κ1) is 12.6. The normalized spacial score (nSPS) is 10.4. The third-order valence-electron chi connectivity index (χ3n) is 2.71. The van der Waals surface area contributed by atoms with E-state index in [1.165, 1.54) is 12.1 Å². The average Bonchev–Trinajstić information content (AvgIpc) is 2.40. The summed E-state index contributed by atoms with van der Waals surface area (Å²) < 4.78 is 18.4. The lowest BCUT2D eigenvalue weighted by molar-refractivity contribution is 0.335. The van der Waals surface area contributed by atoms with Crippen molar-refractivity contribution in [1.29, 1.82) is 0 Å². The summed E-state index contributed by atoms with van der Waals surface area (Å²) in [5, 5.41) is 0. The molecule has 18 heavy (non-hydrogen) atoms. The third-order valence-corrected chi connectivity index (χ3v) is 2.71. The molecule has 94 valence electrons. The van der Waals surface area contributed by atoms with E-state index in [1.807, 2.05) is 26.0 Å². The molecule has 0 atom stereocenters. The molecule has 0 aliphatic carbocycles. The van der Waals surface area contributed by atoms with Crippen LogP contribution in [0.4, 0.5) is 4.39 Å². The Kier molecular flexibility index (Phi) is 3.92. The van der Waals surface area contributed by atoms with Crippen LogP contribution in [-0.2, 0) is 6.42 Å². The lowest BCUT2D eigenvalue weighted by Gasteiger charge is -2.10. The van der Waals surface area contributed by atoms with Crippen molar-refractivity contribution in [3.8, 4) is 17.0 Å². The number of ether oxygens (including phenoxy) is 1. The smallest absolute Gasteiger partial charge is 0.140 e. The maximum atomic E-state index is 12.9. The van der Waals surface area contributed by atoms with E-state index in [-0.39, 0.29) is 5.82 Å². The van der Waals surface area contributed by atoms with E-state index in [2.05, 4.69) is 4.98 Å². The van der Waals surface area contributed by atoms with E-state index in [0.29, 0.717) is 6.61 Å². The summed E-state index contributed by atoms with van der Waals surface area (Å²) in [6.07, 6.45) is 0.810. The van der Waals surface area contributed by atoms with Gasteiger partial charge in [-0.3, -0.25) is 0 Å². The van der Waals surface area contributed by atoms with Crippen LogP contribution in [0, 0.1) is 5.82 Å². The van der Waals surface area contributed by atoms with Crippen molar-refractivity contribution < 1.29 is 9.13 Å². The first-order valence-electron chi connectivity index (χ1n) is 6.13. The number of rotatable bonds is 4. The van der Waals surface area contributed by atoms with Gasteiger partial charge in [-0.05, 0) is 49.7 Å². The van der Waals surface area contributed by atoms with E-state index < -0.39 is 0 Å². The summed E-state index contributed by atoms with van der Waals surface area (Å²) >= 11 is 0. The highest BCUT2D eigenvalue weighted by Gasteiger charge is 2.06. The molecule has 2 aromatic rings. The Morgan fingerprint density at radius 3 is 2.39 bits per heavy atom. The molecule has 0 radical (unpaired) electrons. The number of benzene rings is 1. The van der Waals surface area contributed by atoms with E-state index in [1.54, 1.807) is 12.1 Å². The van der Waals surface area contributed by atoms with Crippen LogP contribution < -0.4 is 4.74 Å². The third kappa shape index (κ3) is 2.67. The number of nitrogens with zero attached hydrogens (tertiary/aromatic N) is 1. The quantitative estimate of drug-likeness (QED) is 0.816. The van der Waals surface area contributed by atoms with Crippen LogP contribution in [0.25, 0.3) is 11.3 Å². The van der Waals surface area contributed by atoms with E-state index in [9.17, 15) is 4.39 Å². The van der Waals surface area contributed by atoms with Crippen LogP contribution >= 0.6 is 0 Å². The largest absolute Gasteiger partial charge is 0.492 e. The summed E-state index contributed by atoms with van der Waals surface area (Å²) in [6, 6.07) is 10.2. The SMILES string of the molecule is CCOc1ccc(-c2ccc(F)cc2)nc1CC. The van der Waals surface area contributed by atoms with Gasteiger partial charge in [-0.25, -0.2) is 9.37 Å². The van der Waals surface area contributed by atoms with Crippen molar-refractivity contribution in [1.82, 2.24) is 4.98 Å². The number of aryl methyl sites for hydroxylation is 1. The zero-order valence-electron chi connectivity index (χ0n) is 10.6. The molecule has 0 spiro atoms. The minimum absolute atomic E-state index is 0.236. The molecule has 0 aliphatic rings. The van der Waals surface area contributed by atoms with Gasteiger partial charge in [-0.2, -0.15) is 0 Å². The monoisotopic (exact) mass is 245 g/mol. The van der Waals surface area contributed by atoms with E-state index in [4.69, 9.17) is 4.74 Å². The molecule has 3 heteroatoms. The molecule has 2 rings (SSSR count). The molecular weight excluding hydrogens is 229 g/mol. The lowest BCUT2D eigenvalue weighted by atomic mass is 10.1. The second-order valence-electron chi connectivity index (χ2n) is 3.93. The highest BCUT2D eigenvalue weighted by atomic mass is 19.1. The van der Waals surface area contributed by atoms with E-state index in [0.717, 1.165) is 29.1 Å². The standard InChI is InChI=1S/C15H16FNO/c1-3-13-15(18-4-2)10-9-14(17-13)11-5-7-12(16)8-6-11/h5-10H,3-4H2,1-2H3. The average molecular weight is 245 g/mol. The summed E-state index contributed by atoms with van der Waals surface area (Å²) in [5.41, 5.74) is 2.68. The second kappa shape index (κ2) is 5.63. The Hall–Kier alpha value is -1.90. The second-order valence-corrected chi connectivity index (χ2v) is 3.93. The van der Waals surface area contributed by atoms with Crippen LogP contribution in [0.1, 0.15) is 19.5 Å². The fourth-order valence-corrected chi connectivity index (χ4v) is 1.81. The van der Waals surface area contributed by atoms with Crippen molar-refractivity contribution in [3.05, 3.63) is 47.9 Å². The van der Waals surface area contributed by atoms with Gasteiger partial charge in [-0.15, -0.1) is 0 Å². The maximum absolute atomic E-state index is 12.9. The Bertz CT molecular complexity index is 523. The van der Waals surface area contributed by atoms with Gasteiger partial charge in [0.2, 0.25) is 0 Å². The predicted octanol–water partition coefficient (Wildman–Crippen LogP) is 3.85. The Labute approximate surface area is 106 Å². The zero-order chi connectivity index (χ0) is 13.0. The molecule has 1 aromatic heterocycles. The minimum Gasteiger partial charge on any atom is -0.492 e. The van der Waals surface area contributed by atoms with Gasteiger partial charge in [-0.1, -0.05) is 6.92 Å². The fourth-order valence-electron chi connectivity index (χ4n) is 1.81. The van der Waals surface area contributed by atoms with Crippen molar-refractivity contribution >= 4 is 0 Å². The molecule has 0 saturated carbocycles. The molecule has 0 fully saturated rings. The van der Waals surface area contributed by atoms with Gasteiger partial charge in [0.05, 0.1) is 18.0 Å². The topological polar surface area (TPSA) is 22.1 Å². The van der Waals surface area contributed by atoms with Crippen molar-refractivity contribution in [2.75, 3.05) is 6.61 Å². The van der Waals surface area contributed by atoms with Crippen molar-refractivity contribution in [3.63, 3.8) is 0 Å². The number of hydrogen-bond donors (Lipinski definition) is 0. The van der Waals surface area contributed by atoms with Gasteiger partial charge in [0.1, 0.15) is 11.6 Å². The molecule has 0 unspecified atom stereocenters. The molecule has 0 aliphatic heterocycles. The summed E-state index contributed by atoms with van der Waals surface area (Å²) in [6.45, 7) is 4.62. The molecule has 1 aromatic carbocycles.